The van der Waals surface area contributed by atoms with Crippen molar-refractivity contribution in [2.24, 2.45) is 5.92 Å². The first-order valence-corrected chi connectivity index (χ1v) is 6.60. The molecule has 0 aliphatic rings. The summed E-state index contributed by atoms with van der Waals surface area (Å²) < 4.78 is 0. The van der Waals surface area contributed by atoms with Crippen LogP contribution in [0.2, 0.25) is 0 Å². The van der Waals surface area contributed by atoms with Gasteiger partial charge in [0.1, 0.15) is 4.88 Å². The molecular formula is C12H16N2O4S. The molecule has 1 aromatic heterocycles. The molecule has 1 heterocycles. The molecule has 0 aliphatic heterocycles. The Morgan fingerprint density at radius 1 is 1.21 bits per heavy atom. The Morgan fingerprint density at radius 3 is 2.37 bits per heavy atom. The molecule has 1 rings (SSSR count). The van der Waals surface area contributed by atoms with Crippen LogP contribution >= 0.6 is 11.3 Å². The van der Waals surface area contributed by atoms with Crippen molar-refractivity contribution in [2.75, 3.05) is 13.1 Å². The second-order valence-corrected chi connectivity index (χ2v) is 5.43. The lowest BCUT2D eigenvalue weighted by atomic mass is 10.2. The molecule has 0 bridgehead atoms. The highest BCUT2D eigenvalue weighted by Gasteiger charge is 2.13. The van der Waals surface area contributed by atoms with Crippen molar-refractivity contribution < 1.29 is 19.5 Å². The molecule has 7 heteroatoms. The fourth-order valence-electron chi connectivity index (χ4n) is 1.20. The number of carbonyl (C=O) groups excluding carboxylic acids is 2. The van der Waals surface area contributed by atoms with Gasteiger partial charge in [-0.15, -0.1) is 11.3 Å². The molecule has 0 unspecified atom stereocenters. The maximum atomic E-state index is 11.6. The average Bonchev–Trinajstić information content (AvgIpc) is 2.83. The first kappa shape index (κ1) is 15.2. The van der Waals surface area contributed by atoms with Gasteiger partial charge in [0.2, 0.25) is 5.91 Å². The maximum Gasteiger partial charge on any atom is 0.345 e. The smallest absolute Gasteiger partial charge is 0.345 e. The Hall–Kier alpha value is -1.89. The average molecular weight is 284 g/mol. The molecule has 3 N–H and O–H groups in total. The van der Waals surface area contributed by atoms with Crippen LogP contribution in [-0.4, -0.2) is 36.0 Å². The highest BCUT2D eigenvalue weighted by Crippen LogP contribution is 2.15. The van der Waals surface area contributed by atoms with Gasteiger partial charge in [0.15, 0.2) is 0 Å². The molecule has 0 atom stereocenters. The number of thiophene rings is 1. The van der Waals surface area contributed by atoms with Gasteiger partial charge in [0.25, 0.3) is 5.91 Å². The van der Waals surface area contributed by atoms with E-state index in [-0.39, 0.29) is 22.2 Å². The van der Waals surface area contributed by atoms with Crippen LogP contribution in [0.4, 0.5) is 0 Å². The number of carboxylic acids is 1. The monoisotopic (exact) mass is 284 g/mol. The Morgan fingerprint density at radius 2 is 1.84 bits per heavy atom. The van der Waals surface area contributed by atoms with Crippen LogP contribution in [0.1, 0.15) is 33.2 Å². The minimum absolute atomic E-state index is 0.0920. The van der Waals surface area contributed by atoms with Crippen molar-refractivity contribution >= 4 is 29.1 Å². The number of carbonyl (C=O) groups is 3. The largest absolute Gasteiger partial charge is 0.477 e. The van der Waals surface area contributed by atoms with Gasteiger partial charge < -0.3 is 15.7 Å². The minimum atomic E-state index is -1.07. The van der Waals surface area contributed by atoms with Crippen molar-refractivity contribution in [3.63, 3.8) is 0 Å². The third kappa shape index (κ3) is 5.09. The summed E-state index contributed by atoms with van der Waals surface area (Å²) in [5.41, 5.74) is 0. The first-order valence-electron chi connectivity index (χ1n) is 5.78. The van der Waals surface area contributed by atoms with Crippen molar-refractivity contribution in [1.29, 1.82) is 0 Å². The predicted molar refractivity (Wildman–Crippen MR) is 71.5 cm³/mol. The number of hydrogen-bond donors (Lipinski definition) is 3. The standard InChI is InChI=1S/C12H16N2O4S/c1-7(2)5-13-10(15)6-14-11(16)8-3-4-9(19-8)12(17)18/h3-4,7H,5-6H2,1-2H3,(H,13,15)(H,14,16)(H,17,18). The lowest BCUT2D eigenvalue weighted by molar-refractivity contribution is -0.120. The first-order chi connectivity index (χ1) is 8.90. The van der Waals surface area contributed by atoms with Gasteiger partial charge in [-0.1, -0.05) is 13.8 Å². The molecule has 2 amide bonds. The molecule has 6 nitrogen and oxygen atoms in total. The van der Waals surface area contributed by atoms with Gasteiger partial charge in [-0.25, -0.2) is 4.79 Å². The van der Waals surface area contributed by atoms with Crippen LogP contribution in [0.5, 0.6) is 0 Å². The van der Waals surface area contributed by atoms with E-state index in [1.54, 1.807) is 0 Å². The Labute approximate surface area is 114 Å². The second kappa shape index (κ2) is 6.89. The van der Waals surface area contributed by atoms with Crippen LogP contribution in [0.25, 0.3) is 0 Å². The Bertz CT molecular complexity index is 482. The van der Waals surface area contributed by atoms with E-state index in [1.165, 1.54) is 12.1 Å². The van der Waals surface area contributed by atoms with Crippen LogP contribution in [-0.2, 0) is 4.79 Å². The number of rotatable bonds is 6. The van der Waals surface area contributed by atoms with Crippen molar-refractivity contribution in [3.05, 3.63) is 21.9 Å². The van der Waals surface area contributed by atoms with Crippen LogP contribution < -0.4 is 10.6 Å². The number of hydrogen-bond acceptors (Lipinski definition) is 4. The zero-order valence-electron chi connectivity index (χ0n) is 10.7. The van der Waals surface area contributed by atoms with Gasteiger partial charge in [-0.2, -0.15) is 0 Å². The van der Waals surface area contributed by atoms with Gasteiger partial charge in [0.05, 0.1) is 11.4 Å². The molecule has 0 spiro atoms. The minimum Gasteiger partial charge on any atom is -0.477 e. The van der Waals surface area contributed by atoms with E-state index in [0.29, 0.717) is 12.5 Å². The van der Waals surface area contributed by atoms with E-state index < -0.39 is 11.9 Å². The van der Waals surface area contributed by atoms with Gasteiger partial charge in [-0.3, -0.25) is 9.59 Å². The fraction of sp³-hybridized carbons (Fsp3) is 0.417. The highest BCUT2D eigenvalue weighted by atomic mass is 32.1. The molecule has 19 heavy (non-hydrogen) atoms. The lowest BCUT2D eigenvalue weighted by Crippen LogP contribution is -2.38. The van der Waals surface area contributed by atoms with Crippen LogP contribution in [0.3, 0.4) is 0 Å². The van der Waals surface area contributed by atoms with E-state index in [9.17, 15) is 14.4 Å². The summed E-state index contributed by atoms with van der Waals surface area (Å²) in [6, 6.07) is 2.79. The lowest BCUT2D eigenvalue weighted by Gasteiger charge is -2.07. The number of carboxylic acid groups (broad SMARTS) is 1. The Kier molecular flexibility index (Phi) is 5.50. The van der Waals surface area contributed by atoms with Crippen molar-refractivity contribution in [3.8, 4) is 0 Å². The third-order valence-electron chi connectivity index (χ3n) is 2.16. The van der Waals surface area contributed by atoms with Crippen LogP contribution in [0.15, 0.2) is 12.1 Å². The van der Waals surface area contributed by atoms with Crippen molar-refractivity contribution in [2.45, 2.75) is 13.8 Å². The van der Waals surface area contributed by atoms with E-state index in [1.807, 2.05) is 13.8 Å². The maximum absolute atomic E-state index is 11.6. The molecule has 104 valence electrons. The van der Waals surface area contributed by atoms with E-state index in [4.69, 9.17) is 5.11 Å². The summed E-state index contributed by atoms with van der Waals surface area (Å²) in [5, 5.41) is 13.8. The number of nitrogens with one attached hydrogen (secondary N) is 2. The van der Waals surface area contributed by atoms with Gasteiger partial charge >= 0.3 is 5.97 Å². The zero-order chi connectivity index (χ0) is 14.4. The highest BCUT2D eigenvalue weighted by molar-refractivity contribution is 7.15. The summed E-state index contributed by atoms with van der Waals surface area (Å²) in [7, 11) is 0. The second-order valence-electron chi connectivity index (χ2n) is 4.35. The zero-order valence-corrected chi connectivity index (χ0v) is 11.5. The van der Waals surface area contributed by atoms with Gasteiger partial charge in [0, 0.05) is 6.54 Å². The fourth-order valence-corrected chi connectivity index (χ4v) is 1.96. The molecule has 0 aromatic carbocycles. The van der Waals surface area contributed by atoms with Crippen LogP contribution in [0, 0.1) is 5.92 Å². The number of amides is 2. The van der Waals surface area contributed by atoms with Crippen molar-refractivity contribution in [1.82, 2.24) is 10.6 Å². The molecule has 1 aromatic rings. The third-order valence-corrected chi connectivity index (χ3v) is 3.23. The molecule has 0 saturated heterocycles. The van der Waals surface area contributed by atoms with E-state index in [2.05, 4.69) is 10.6 Å². The molecule has 0 aliphatic carbocycles. The molecule has 0 saturated carbocycles. The van der Waals surface area contributed by atoms with E-state index >= 15 is 0 Å². The Balaban J connectivity index is 2.42. The topological polar surface area (TPSA) is 95.5 Å². The summed E-state index contributed by atoms with van der Waals surface area (Å²) in [5.74, 6) is -1.44. The molecular weight excluding hydrogens is 268 g/mol. The summed E-state index contributed by atoms with van der Waals surface area (Å²) >= 11 is 0.876. The molecule has 0 radical (unpaired) electrons. The summed E-state index contributed by atoms with van der Waals surface area (Å²) in [4.78, 5) is 34.1. The number of aromatic carboxylic acids is 1. The van der Waals surface area contributed by atoms with Gasteiger partial charge in [-0.05, 0) is 18.1 Å². The van der Waals surface area contributed by atoms with E-state index in [0.717, 1.165) is 11.3 Å². The SMILES string of the molecule is CC(C)CNC(=O)CNC(=O)c1ccc(C(=O)O)s1. The molecule has 0 fully saturated rings. The quantitative estimate of drug-likeness (QED) is 0.724. The summed E-state index contributed by atoms with van der Waals surface area (Å²) in [6.07, 6.45) is 0. The normalized spacial score (nSPS) is 10.3. The predicted octanol–water partition coefficient (Wildman–Crippen LogP) is 0.948. The summed E-state index contributed by atoms with van der Waals surface area (Å²) in [6.45, 7) is 4.37.